The molecule has 1 unspecified atom stereocenters. The van der Waals surface area contributed by atoms with Crippen molar-refractivity contribution in [1.29, 1.82) is 0 Å². The van der Waals surface area contributed by atoms with Crippen molar-refractivity contribution >= 4 is 5.84 Å². The number of oxime groups is 1. The van der Waals surface area contributed by atoms with E-state index in [0.717, 1.165) is 19.3 Å². The number of hydrogen-bond acceptors (Lipinski definition) is 4. The monoisotopic (exact) mass is 201 g/mol. The Hall–Kier alpha value is -0.810. The fourth-order valence-corrected chi connectivity index (χ4v) is 1.67. The van der Waals surface area contributed by atoms with E-state index in [1.165, 1.54) is 0 Å². The molecule has 0 amide bonds. The molecule has 1 atom stereocenters. The molecule has 1 fully saturated rings. The van der Waals surface area contributed by atoms with E-state index in [0.29, 0.717) is 12.5 Å². The lowest BCUT2D eigenvalue weighted by Gasteiger charge is -2.35. The predicted octanol–water partition coefficient (Wildman–Crippen LogP) is 0.0144. The third-order valence-corrected chi connectivity index (χ3v) is 2.66. The lowest BCUT2D eigenvalue weighted by Crippen LogP contribution is -2.49. The molecule has 1 aliphatic carbocycles. The van der Waals surface area contributed by atoms with Crippen molar-refractivity contribution in [2.24, 2.45) is 10.9 Å². The van der Waals surface area contributed by atoms with Crippen LogP contribution in [0.5, 0.6) is 0 Å². The molecule has 1 saturated carbocycles. The van der Waals surface area contributed by atoms with Gasteiger partial charge in [0.1, 0.15) is 5.84 Å². The zero-order valence-corrected chi connectivity index (χ0v) is 8.48. The molecule has 0 aromatic heterocycles. The van der Waals surface area contributed by atoms with E-state index in [9.17, 15) is 0 Å². The van der Waals surface area contributed by atoms with Crippen molar-refractivity contribution in [3.8, 4) is 0 Å². The largest absolute Gasteiger partial charge is 0.409 e. The van der Waals surface area contributed by atoms with Gasteiger partial charge in [-0.05, 0) is 19.3 Å². The maximum atomic E-state index is 9.10. The van der Waals surface area contributed by atoms with Crippen molar-refractivity contribution < 1.29 is 10.3 Å². The molecular formula is C9H19N3O2. The van der Waals surface area contributed by atoms with Crippen LogP contribution in [0, 0.1) is 0 Å². The summed E-state index contributed by atoms with van der Waals surface area (Å²) < 4.78 is 0. The van der Waals surface area contributed by atoms with Crippen LogP contribution in [0.4, 0.5) is 0 Å². The highest BCUT2D eigenvalue weighted by Crippen LogP contribution is 2.20. The second kappa shape index (κ2) is 5.17. The van der Waals surface area contributed by atoms with Crippen LogP contribution in [-0.4, -0.2) is 34.3 Å². The van der Waals surface area contributed by atoms with Crippen LogP contribution in [0.1, 0.15) is 32.6 Å². The minimum absolute atomic E-state index is 0.145. The summed E-state index contributed by atoms with van der Waals surface area (Å²) in [6, 6.07) is 0.629. The van der Waals surface area contributed by atoms with Crippen LogP contribution < -0.4 is 11.1 Å². The highest BCUT2D eigenvalue weighted by Gasteiger charge is 2.28. The first-order valence-corrected chi connectivity index (χ1v) is 5.06. The topological polar surface area (TPSA) is 90.9 Å². The van der Waals surface area contributed by atoms with Crippen LogP contribution in [0.15, 0.2) is 5.16 Å². The number of nitrogens with two attached hydrogens (primary N) is 1. The van der Waals surface area contributed by atoms with Crippen LogP contribution in [-0.2, 0) is 0 Å². The standard InChI is InChI=1S/C9H19N3O2/c1-2-6(5-9(10)12-14)11-7-3-8(13)4-7/h6-8,11,13-14H,2-5H2,1H3,(H2,10,12). The lowest BCUT2D eigenvalue weighted by molar-refractivity contribution is 0.0578. The van der Waals surface area contributed by atoms with E-state index in [-0.39, 0.29) is 18.0 Å². The third-order valence-electron chi connectivity index (χ3n) is 2.66. The Balaban J connectivity index is 2.25. The van der Waals surface area contributed by atoms with Crippen molar-refractivity contribution in [1.82, 2.24) is 5.32 Å². The first-order chi connectivity index (χ1) is 6.65. The Labute approximate surface area is 84.0 Å². The van der Waals surface area contributed by atoms with Gasteiger partial charge in [0, 0.05) is 18.5 Å². The van der Waals surface area contributed by atoms with Gasteiger partial charge in [-0.3, -0.25) is 0 Å². The number of aliphatic hydroxyl groups excluding tert-OH is 1. The van der Waals surface area contributed by atoms with Crippen molar-refractivity contribution in [3.63, 3.8) is 0 Å². The molecule has 5 heteroatoms. The molecule has 0 heterocycles. The van der Waals surface area contributed by atoms with E-state index in [2.05, 4.69) is 17.4 Å². The van der Waals surface area contributed by atoms with Crippen molar-refractivity contribution in [2.75, 3.05) is 0 Å². The fraction of sp³-hybridized carbons (Fsp3) is 0.889. The van der Waals surface area contributed by atoms with Crippen LogP contribution >= 0.6 is 0 Å². The van der Waals surface area contributed by atoms with Gasteiger partial charge in [-0.2, -0.15) is 0 Å². The molecule has 0 aliphatic heterocycles. The summed E-state index contributed by atoms with van der Waals surface area (Å²) in [6.45, 7) is 2.05. The summed E-state index contributed by atoms with van der Waals surface area (Å²) in [4.78, 5) is 0. The highest BCUT2D eigenvalue weighted by atomic mass is 16.4. The SMILES string of the molecule is CCC(CC(N)=NO)NC1CC(O)C1. The molecule has 0 radical (unpaired) electrons. The number of nitrogens with zero attached hydrogens (tertiary/aromatic N) is 1. The molecular weight excluding hydrogens is 182 g/mol. The smallest absolute Gasteiger partial charge is 0.140 e. The van der Waals surface area contributed by atoms with Gasteiger partial charge in [-0.15, -0.1) is 0 Å². The molecule has 82 valence electrons. The van der Waals surface area contributed by atoms with Crippen molar-refractivity contribution in [3.05, 3.63) is 0 Å². The van der Waals surface area contributed by atoms with Crippen LogP contribution in [0.3, 0.4) is 0 Å². The van der Waals surface area contributed by atoms with Gasteiger partial charge >= 0.3 is 0 Å². The zero-order valence-electron chi connectivity index (χ0n) is 8.48. The Morgan fingerprint density at radius 2 is 2.29 bits per heavy atom. The Bertz CT molecular complexity index is 202. The molecule has 5 N–H and O–H groups in total. The molecule has 0 aromatic rings. The number of aliphatic hydroxyl groups is 1. The summed E-state index contributed by atoms with van der Waals surface area (Å²) in [5, 5.41) is 23.8. The summed E-state index contributed by atoms with van der Waals surface area (Å²) in [5.74, 6) is 0.254. The second-order valence-electron chi connectivity index (χ2n) is 3.89. The predicted molar refractivity (Wildman–Crippen MR) is 54.3 cm³/mol. The van der Waals surface area contributed by atoms with Gasteiger partial charge in [-0.1, -0.05) is 12.1 Å². The number of nitrogens with one attached hydrogen (secondary N) is 1. The third kappa shape index (κ3) is 3.16. The Morgan fingerprint density at radius 1 is 1.64 bits per heavy atom. The molecule has 0 saturated heterocycles. The average Bonchev–Trinajstić information content (AvgIpc) is 2.13. The van der Waals surface area contributed by atoms with E-state index in [4.69, 9.17) is 16.0 Å². The van der Waals surface area contributed by atoms with E-state index < -0.39 is 0 Å². The number of amidine groups is 1. The summed E-state index contributed by atoms with van der Waals surface area (Å²) in [7, 11) is 0. The maximum Gasteiger partial charge on any atom is 0.140 e. The van der Waals surface area contributed by atoms with Crippen molar-refractivity contribution in [2.45, 2.75) is 50.8 Å². The van der Waals surface area contributed by atoms with Gasteiger partial charge in [0.25, 0.3) is 0 Å². The minimum atomic E-state index is -0.145. The second-order valence-corrected chi connectivity index (χ2v) is 3.89. The average molecular weight is 201 g/mol. The van der Waals surface area contributed by atoms with Gasteiger partial charge < -0.3 is 21.4 Å². The normalized spacial score (nSPS) is 29.7. The molecule has 14 heavy (non-hydrogen) atoms. The van der Waals surface area contributed by atoms with E-state index >= 15 is 0 Å². The number of rotatable bonds is 5. The van der Waals surface area contributed by atoms with Gasteiger partial charge in [-0.25, -0.2) is 0 Å². The van der Waals surface area contributed by atoms with E-state index in [1.54, 1.807) is 0 Å². The van der Waals surface area contributed by atoms with Gasteiger partial charge in [0.2, 0.25) is 0 Å². The quantitative estimate of drug-likeness (QED) is 0.218. The van der Waals surface area contributed by atoms with Gasteiger partial charge in [0.15, 0.2) is 0 Å². The zero-order chi connectivity index (χ0) is 10.6. The Kier molecular flexibility index (Phi) is 4.16. The fourth-order valence-electron chi connectivity index (χ4n) is 1.67. The first-order valence-electron chi connectivity index (χ1n) is 5.06. The maximum absolute atomic E-state index is 9.10. The summed E-state index contributed by atoms with van der Waals surface area (Å²) in [5.41, 5.74) is 5.42. The van der Waals surface area contributed by atoms with E-state index in [1.807, 2.05) is 0 Å². The lowest BCUT2D eigenvalue weighted by atomic mass is 9.88. The molecule has 5 nitrogen and oxygen atoms in total. The minimum Gasteiger partial charge on any atom is -0.409 e. The summed E-state index contributed by atoms with van der Waals surface area (Å²) >= 11 is 0. The Morgan fingerprint density at radius 3 is 2.71 bits per heavy atom. The molecule has 0 bridgehead atoms. The molecule has 0 aromatic carbocycles. The molecule has 0 spiro atoms. The first kappa shape index (κ1) is 11.3. The van der Waals surface area contributed by atoms with Crippen LogP contribution in [0.25, 0.3) is 0 Å². The van der Waals surface area contributed by atoms with Gasteiger partial charge in [0.05, 0.1) is 6.10 Å². The number of hydrogen-bond donors (Lipinski definition) is 4. The highest BCUT2D eigenvalue weighted by molar-refractivity contribution is 5.80. The molecule has 1 aliphatic rings. The van der Waals surface area contributed by atoms with Crippen LogP contribution in [0.2, 0.25) is 0 Å². The summed E-state index contributed by atoms with van der Waals surface area (Å²) in [6.07, 6.45) is 2.97. The molecule has 1 rings (SSSR count).